The third-order valence-corrected chi connectivity index (χ3v) is 5.31. The molecule has 0 saturated heterocycles. The van der Waals surface area contributed by atoms with Gasteiger partial charge in [0.1, 0.15) is 5.16 Å². The van der Waals surface area contributed by atoms with Crippen molar-refractivity contribution < 1.29 is 0 Å². The van der Waals surface area contributed by atoms with Crippen molar-refractivity contribution in [1.29, 1.82) is 0 Å². The van der Waals surface area contributed by atoms with Crippen molar-refractivity contribution in [2.45, 2.75) is 13.8 Å². The molecule has 3 rings (SSSR count). The molecule has 2 aromatic carbocycles. The predicted molar refractivity (Wildman–Crippen MR) is 108 cm³/mol. The van der Waals surface area contributed by atoms with Gasteiger partial charge in [0, 0.05) is 10.3 Å². The molecule has 0 unspecified atom stereocenters. The number of halogens is 1. The first-order valence-corrected chi connectivity index (χ1v) is 8.84. The van der Waals surface area contributed by atoms with Crippen molar-refractivity contribution in [3.05, 3.63) is 88.4 Å². The quantitative estimate of drug-likeness (QED) is 0.362. The smallest absolute Gasteiger partial charge is 0.122 e. The summed E-state index contributed by atoms with van der Waals surface area (Å²) in [5.41, 5.74) is 5.27. The van der Waals surface area contributed by atoms with Gasteiger partial charge in [-0.25, -0.2) is 4.99 Å². The van der Waals surface area contributed by atoms with Crippen LogP contribution in [-0.4, -0.2) is 5.71 Å². The second-order valence-corrected chi connectivity index (χ2v) is 7.24. The second kappa shape index (κ2) is 6.76. The van der Waals surface area contributed by atoms with Gasteiger partial charge in [0.2, 0.25) is 0 Å². The summed E-state index contributed by atoms with van der Waals surface area (Å²) in [6.07, 6.45) is 0. The van der Waals surface area contributed by atoms with Gasteiger partial charge in [-0.3, -0.25) is 0 Å². The summed E-state index contributed by atoms with van der Waals surface area (Å²) in [6, 6.07) is 16.6. The minimum Gasteiger partial charge on any atom is -0.235 e. The Balaban J connectivity index is 2.18. The van der Waals surface area contributed by atoms with E-state index in [9.17, 15) is 0 Å². The Kier molecular flexibility index (Phi) is 4.70. The van der Waals surface area contributed by atoms with Crippen LogP contribution in [0.4, 0.5) is 0 Å². The van der Waals surface area contributed by atoms with Crippen molar-refractivity contribution in [1.82, 2.24) is 0 Å². The van der Waals surface area contributed by atoms with Crippen LogP contribution in [0.1, 0.15) is 28.5 Å². The lowest BCUT2D eigenvalue weighted by molar-refractivity contribution is 1.46. The lowest BCUT2D eigenvalue weighted by Gasteiger charge is -2.08. The molecule has 0 bridgehead atoms. The maximum absolute atomic E-state index is 6.01. The standard InChI is InChI=1S/C21H18ClNS/c1-13(2)16-9-11-17(12-10-16)20(23-15(4)22)21-14(3)18-7-5-6-8-19(18)24-21/h5-12H,1,4H2,2-3H3/b23-20-. The number of aliphatic imine (C=N–C) groups is 1. The van der Waals surface area contributed by atoms with Gasteiger partial charge >= 0.3 is 0 Å². The number of benzene rings is 2. The number of rotatable bonds is 4. The Labute approximate surface area is 151 Å². The van der Waals surface area contributed by atoms with Crippen LogP contribution in [0.5, 0.6) is 0 Å². The molecule has 120 valence electrons. The molecule has 0 saturated carbocycles. The van der Waals surface area contributed by atoms with Gasteiger partial charge in [0.15, 0.2) is 0 Å². The molecule has 0 spiro atoms. The molecule has 0 N–H and O–H groups in total. The number of fused-ring (bicyclic) bond motifs is 1. The first-order chi connectivity index (χ1) is 11.5. The van der Waals surface area contributed by atoms with Crippen LogP contribution in [0.3, 0.4) is 0 Å². The van der Waals surface area contributed by atoms with Crippen molar-refractivity contribution >= 4 is 44.3 Å². The maximum Gasteiger partial charge on any atom is 0.122 e. The van der Waals surface area contributed by atoms with Gasteiger partial charge in [-0.05, 0) is 36.4 Å². The van der Waals surface area contributed by atoms with Crippen molar-refractivity contribution in [3.63, 3.8) is 0 Å². The Morgan fingerprint density at radius 1 is 1.00 bits per heavy atom. The maximum atomic E-state index is 6.01. The first-order valence-electron chi connectivity index (χ1n) is 7.65. The second-order valence-electron chi connectivity index (χ2n) is 5.75. The van der Waals surface area contributed by atoms with Crippen LogP contribution in [-0.2, 0) is 0 Å². The molecule has 0 aliphatic carbocycles. The van der Waals surface area contributed by atoms with Gasteiger partial charge in [-0.1, -0.05) is 72.8 Å². The molecule has 0 aliphatic heterocycles. The molecule has 1 nitrogen and oxygen atoms in total. The summed E-state index contributed by atoms with van der Waals surface area (Å²) < 4.78 is 1.25. The van der Waals surface area contributed by atoms with Gasteiger partial charge < -0.3 is 0 Å². The average molecular weight is 352 g/mol. The molecular weight excluding hydrogens is 334 g/mol. The fourth-order valence-electron chi connectivity index (χ4n) is 2.68. The zero-order valence-corrected chi connectivity index (χ0v) is 15.3. The Bertz CT molecular complexity index is 961. The highest BCUT2D eigenvalue weighted by molar-refractivity contribution is 7.21. The highest BCUT2D eigenvalue weighted by Gasteiger charge is 2.16. The van der Waals surface area contributed by atoms with Crippen molar-refractivity contribution in [2.75, 3.05) is 0 Å². The largest absolute Gasteiger partial charge is 0.235 e. The first kappa shape index (κ1) is 16.7. The van der Waals surface area contributed by atoms with E-state index < -0.39 is 0 Å². The number of hydrogen-bond donors (Lipinski definition) is 0. The summed E-state index contributed by atoms with van der Waals surface area (Å²) in [6.45, 7) is 11.9. The third kappa shape index (κ3) is 3.21. The monoisotopic (exact) mass is 351 g/mol. The van der Waals surface area contributed by atoms with Crippen LogP contribution in [0.2, 0.25) is 0 Å². The summed E-state index contributed by atoms with van der Waals surface area (Å²) in [7, 11) is 0. The van der Waals surface area contributed by atoms with Crippen molar-refractivity contribution in [2.24, 2.45) is 4.99 Å². The van der Waals surface area contributed by atoms with Gasteiger partial charge in [-0.2, -0.15) is 0 Å². The summed E-state index contributed by atoms with van der Waals surface area (Å²) in [5.74, 6) is 0. The molecule has 0 radical (unpaired) electrons. The van der Waals surface area contributed by atoms with Crippen LogP contribution < -0.4 is 0 Å². The number of nitrogens with zero attached hydrogens (tertiary/aromatic N) is 1. The zero-order valence-electron chi connectivity index (χ0n) is 13.8. The van der Waals surface area contributed by atoms with Gasteiger partial charge in [0.05, 0.1) is 10.6 Å². The van der Waals surface area contributed by atoms with Crippen LogP contribution in [0, 0.1) is 6.92 Å². The van der Waals surface area contributed by atoms with E-state index in [1.807, 2.05) is 6.92 Å². The lowest BCUT2D eigenvalue weighted by atomic mass is 10.0. The fourth-order valence-corrected chi connectivity index (χ4v) is 3.99. The molecule has 0 atom stereocenters. The topological polar surface area (TPSA) is 12.4 Å². The van der Waals surface area contributed by atoms with E-state index in [0.29, 0.717) is 0 Å². The fraction of sp³-hybridized carbons (Fsp3) is 0.0952. The Morgan fingerprint density at radius 2 is 1.62 bits per heavy atom. The van der Waals surface area contributed by atoms with Crippen molar-refractivity contribution in [3.8, 4) is 0 Å². The summed E-state index contributed by atoms with van der Waals surface area (Å²) in [4.78, 5) is 5.65. The van der Waals surface area contributed by atoms with E-state index in [-0.39, 0.29) is 5.16 Å². The van der Waals surface area contributed by atoms with Gasteiger partial charge in [0.25, 0.3) is 0 Å². The summed E-state index contributed by atoms with van der Waals surface area (Å²) >= 11 is 7.74. The van der Waals surface area contributed by atoms with E-state index in [1.54, 1.807) is 11.3 Å². The lowest BCUT2D eigenvalue weighted by Crippen LogP contribution is -2.03. The van der Waals surface area contributed by atoms with Crippen LogP contribution >= 0.6 is 22.9 Å². The van der Waals surface area contributed by atoms with E-state index in [2.05, 4.69) is 73.6 Å². The van der Waals surface area contributed by atoms with E-state index in [1.165, 1.54) is 15.6 Å². The molecular formula is C21H18ClNS. The SMILES string of the molecule is C=C(Cl)/N=C(/c1ccc(C(=C)C)cc1)c1sc2ccccc2c1C. The molecule has 1 heterocycles. The molecule has 24 heavy (non-hydrogen) atoms. The molecule has 1 aromatic heterocycles. The third-order valence-electron chi connectivity index (χ3n) is 3.94. The number of hydrogen-bond acceptors (Lipinski definition) is 2. The highest BCUT2D eigenvalue weighted by atomic mass is 35.5. The molecule has 3 aromatic rings. The average Bonchev–Trinajstić information content (AvgIpc) is 2.90. The Hall–Kier alpha value is -2.16. The van der Waals surface area contributed by atoms with Crippen LogP contribution in [0.15, 0.2) is 71.8 Å². The molecule has 0 aliphatic rings. The summed E-state index contributed by atoms with van der Waals surface area (Å²) in [5, 5.41) is 1.54. The van der Waals surface area contributed by atoms with Gasteiger partial charge in [-0.15, -0.1) is 11.3 Å². The predicted octanol–water partition coefficient (Wildman–Crippen LogP) is 6.79. The minimum absolute atomic E-state index is 0.283. The number of allylic oxidation sites excluding steroid dienone is 1. The Morgan fingerprint density at radius 3 is 2.21 bits per heavy atom. The minimum atomic E-state index is 0.283. The van der Waals surface area contributed by atoms with Crippen LogP contribution in [0.25, 0.3) is 15.7 Å². The normalized spacial score (nSPS) is 11.7. The van der Waals surface area contributed by atoms with E-state index in [0.717, 1.165) is 27.3 Å². The van der Waals surface area contributed by atoms with E-state index in [4.69, 9.17) is 11.6 Å². The molecule has 3 heteroatoms. The molecule has 0 amide bonds. The van der Waals surface area contributed by atoms with E-state index >= 15 is 0 Å². The zero-order chi connectivity index (χ0) is 17.3. The highest BCUT2D eigenvalue weighted by Crippen LogP contribution is 2.33. The number of aryl methyl sites for hydroxylation is 1. The molecule has 0 fully saturated rings. The number of thiophene rings is 1.